The molecule has 0 saturated carbocycles. The molecule has 1 rings (SSSR count). The summed E-state index contributed by atoms with van der Waals surface area (Å²) in [7, 11) is 0. The third kappa shape index (κ3) is 4.92. The van der Waals surface area contributed by atoms with Crippen molar-refractivity contribution in [2.24, 2.45) is 5.73 Å². The number of rotatable bonds is 7. The minimum atomic E-state index is -0.317. The Balaban J connectivity index is 0.00000324. The first-order valence-corrected chi connectivity index (χ1v) is 6.90. The predicted octanol–water partition coefficient (Wildman–Crippen LogP) is 3.72. The summed E-state index contributed by atoms with van der Waals surface area (Å²) in [6.45, 7) is 5.52. The van der Waals surface area contributed by atoms with E-state index in [1.165, 1.54) is 0 Å². The average Bonchev–Trinajstić information content (AvgIpc) is 2.38. The molecule has 19 heavy (non-hydrogen) atoms. The zero-order valence-corrected chi connectivity index (χ0v) is 13.0. The van der Waals surface area contributed by atoms with Gasteiger partial charge in [-0.15, -0.1) is 12.4 Å². The molecule has 0 heterocycles. The topological polar surface area (TPSA) is 38.0 Å². The second kappa shape index (κ2) is 9.54. The smallest absolute Gasteiger partial charge is 0.145 e. The summed E-state index contributed by atoms with van der Waals surface area (Å²) in [4.78, 5) is 0. The lowest BCUT2D eigenvalue weighted by atomic mass is 9.88. The Morgan fingerprint density at radius 3 is 2.58 bits per heavy atom. The molecule has 5 heteroatoms. The summed E-state index contributed by atoms with van der Waals surface area (Å²) in [5.74, 6) is -0.261. The third-order valence-electron chi connectivity index (χ3n) is 3.22. The van der Waals surface area contributed by atoms with Crippen molar-refractivity contribution in [2.75, 3.05) is 13.1 Å². The van der Waals surface area contributed by atoms with E-state index in [9.17, 15) is 4.39 Å². The van der Waals surface area contributed by atoms with Gasteiger partial charge in [-0.3, -0.25) is 0 Å². The molecule has 0 amide bonds. The van der Waals surface area contributed by atoms with Gasteiger partial charge in [0.1, 0.15) is 5.82 Å². The van der Waals surface area contributed by atoms with E-state index >= 15 is 0 Å². The summed E-state index contributed by atoms with van der Waals surface area (Å²) in [6.07, 6.45) is 1.86. The van der Waals surface area contributed by atoms with Gasteiger partial charge >= 0.3 is 0 Å². The average molecular weight is 309 g/mol. The minimum Gasteiger partial charge on any atom is -0.329 e. The normalized spacial score (nSPS) is 13.7. The molecule has 0 aromatic heterocycles. The molecule has 2 nitrogen and oxygen atoms in total. The maximum absolute atomic E-state index is 14.1. The number of hydrogen-bond donors (Lipinski definition) is 2. The monoisotopic (exact) mass is 308 g/mol. The second-order valence-corrected chi connectivity index (χ2v) is 4.86. The van der Waals surface area contributed by atoms with Crippen LogP contribution in [0.5, 0.6) is 0 Å². The van der Waals surface area contributed by atoms with E-state index in [-0.39, 0.29) is 35.2 Å². The second-order valence-electron chi connectivity index (χ2n) is 4.45. The number of halogens is 3. The molecule has 1 aromatic carbocycles. The van der Waals surface area contributed by atoms with Gasteiger partial charge in [-0.05, 0) is 31.0 Å². The van der Waals surface area contributed by atoms with Crippen molar-refractivity contribution < 1.29 is 4.39 Å². The van der Waals surface area contributed by atoms with Crippen molar-refractivity contribution in [3.8, 4) is 0 Å². The molecule has 2 unspecified atom stereocenters. The van der Waals surface area contributed by atoms with Crippen molar-refractivity contribution in [2.45, 2.75) is 38.6 Å². The Morgan fingerprint density at radius 1 is 1.37 bits per heavy atom. The van der Waals surface area contributed by atoms with Gasteiger partial charge in [-0.2, -0.15) is 0 Å². The van der Waals surface area contributed by atoms with Gasteiger partial charge in [0.25, 0.3) is 0 Å². The fraction of sp³-hybridized carbons (Fsp3) is 0.571. The van der Waals surface area contributed by atoms with Crippen molar-refractivity contribution >= 4 is 24.0 Å². The first kappa shape index (κ1) is 18.7. The van der Waals surface area contributed by atoms with E-state index in [0.29, 0.717) is 12.1 Å². The fourth-order valence-corrected chi connectivity index (χ4v) is 2.43. The molecule has 110 valence electrons. The SMILES string of the molecule is CCCNC(CN)C(CC)c1cccc(Cl)c1F.Cl. The van der Waals surface area contributed by atoms with Crippen molar-refractivity contribution in [1.29, 1.82) is 0 Å². The van der Waals surface area contributed by atoms with Crippen LogP contribution in [0.1, 0.15) is 38.2 Å². The van der Waals surface area contributed by atoms with Crippen LogP contribution in [0, 0.1) is 5.82 Å². The summed E-state index contributed by atoms with van der Waals surface area (Å²) < 4.78 is 14.1. The van der Waals surface area contributed by atoms with Gasteiger partial charge in [0, 0.05) is 18.5 Å². The highest BCUT2D eigenvalue weighted by Gasteiger charge is 2.23. The lowest BCUT2D eigenvalue weighted by Crippen LogP contribution is -2.41. The van der Waals surface area contributed by atoms with Crippen LogP contribution in [0.3, 0.4) is 0 Å². The molecule has 0 bridgehead atoms. The van der Waals surface area contributed by atoms with Gasteiger partial charge < -0.3 is 11.1 Å². The first-order chi connectivity index (χ1) is 8.65. The largest absolute Gasteiger partial charge is 0.329 e. The Hall–Kier alpha value is -0.350. The highest BCUT2D eigenvalue weighted by molar-refractivity contribution is 6.30. The van der Waals surface area contributed by atoms with Crippen molar-refractivity contribution in [3.63, 3.8) is 0 Å². The van der Waals surface area contributed by atoms with Crippen LogP contribution >= 0.6 is 24.0 Å². The molecule has 0 fully saturated rings. The van der Waals surface area contributed by atoms with Gasteiger partial charge in [0.05, 0.1) is 5.02 Å². The van der Waals surface area contributed by atoms with Crippen LogP contribution in [-0.4, -0.2) is 19.1 Å². The molecule has 2 atom stereocenters. The van der Waals surface area contributed by atoms with E-state index in [0.717, 1.165) is 19.4 Å². The molecular weight excluding hydrogens is 286 g/mol. The summed E-state index contributed by atoms with van der Waals surface area (Å²) in [6, 6.07) is 5.25. The Morgan fingerprint density at radius 2 is 2.05 bits per heavy atom. The quantitative estimate of drug-likeness (QED) is 0.805. The first-order valence-electron chi connectivity index (χ1n) is 6.53. The van der Waals surface area contributed by atoms with E-state index in [4.69, 9.17) is 17.3 Å². The molecule has 3 N–H and O–H groups in total. The molecular formula is C14H23Cl2FN2. The zero-order chi connectivity index (χ0) is 13.5. The minimum absolute atomic E-state index is 0. The maximum Gasteiger partial charge on any atom is 0.145 e. The Kier molecular flexibility index (Phi) is 9.36. The summed E-state index contributed by atoms with van der Waals surface area (Å²) in [5.41, 5.74) is 6.45. The Labute approximate surface area is 126 Å². The Bertz CT molecular complexity index is 374. The van der Waals surface area contributed by atoms with Gasteiger partial charge in [-0.1, -0.05) is 37.6 Å². The molecule has 0 spiro atoms. The van der Waals surface area contributed by atoms with E-state index in [2.05, 4.69) is 12.2 Å². The van der Waals surface area contributed by atoms with Gasteiger partial charge in [-0.25, -0.2) is 4.39 Å². The van der Waals surface area contributed by atoms with E-state index in [1.807, 2.05) is 6.92 Å². The summed E-state index contributed by atoms with van der Waals surface area (Å²) >= 11 is 5.84. The van der Waals surface area contributed by atoms with Gasteiger partial charge in [0.2, 0.25) is 0 Å². The standard InChI is InChI=1S/C14H22ClFN2.ClH/c1-3-8-18-13(9-17)10(4-2)11-6-5-7-12(15)14(11)16;/h5-7,10,13,18H,3-4,8-9,17H2,1-2H3;1H. The highest BCUT2D eigenvalue weighted by Crippen LogP contribution is 2.29. The molecule has 0 radical (unpaired) electrons. The molecule has 0 saturated heterocycles. The lowest BCUT2D eigenvalue weighted by molar-refractivity contribution is 0.417. The van der Waals surface area contributed by atoms with Gasteiger partial charge in [0.15, 0.2) is 0 Å². The number of nitrogens with one attached hydrogen (secondary N) is 1. The number of nitrogens with two attached hydrogens (primary N) is 1. The number of benzene rings is 1. The van der Waals surface area contributed by atoms with Crippen LogP contribution in [0.2, 0.25) is 5.02 Å². The van der Waals surface area contributed by atoms with Crippen LogP contribution in [0.15, 0.2) is 18.2 Å². The molecule has 0 aliphatic rings. The van der Waals surface area contributed by atoms with Crippen LogP contribution in [-0.2, 0) is 0 Å². The highest BCUT2D eigenvalue weighted by atomic mass is 35.5. The lowest BCUT2D eigenvalue weighted by Gasteiger charge is -2.27. The zero-order valence-electron chi connectivity index (χ0n) is 11.5. The number of hydrogen-bond acceptors (Lipinski definition) is 2. The predicted molar refractivity (Wildman–Crippen MR) is 82.8 cm³/mol. The van der Waals surface area contributed by atoms with E-state index < -0.39 is 0 Å². The van der Waals surface area contributed by atoms with Crippen molar-refractivity contribution in [1.82, 2.24) is 5.32 Å². The third-order valence-corrected chi connectivity index (χ3v) is 3.51. The molecule has 0 aliphatic carbocycles. The molecule has 0 aliphatic heterocycles. The van der Waals surface area contributed by atoms with Crippen LogP contribution in [0.25, 0.3) is 0 Å². The molecule has 1 aromatic rings. The fourth-order valence-electron chi connectivity index (χ4n) is 2.25. The maximum atomic E-state index is 14.1. The van der Waals surface area contributed by atoms with Crippen LogP contribution < -0.4 is 11.1 Å². The summed E-state index contributed by atoms with van der Waals surface area (Å²) in [5, 5.41) is 3.56. The van der Waals surface area contributed by atoms with Crippen molar-refractivity contribution in [3.05, 3.63) is 34.6 Å². The van der Waals surface area contributed by atoms with Crippen LogP contribution in [0.4, 0.5) is 4.39 Å². The van der Waals surface area contributed by atoms with E-state index in [1.54, 1.807) is 18.2 Å².